The van der Waals surface area contributed by atoms with E-state index in [1.165, 1.54) is 4.90 Å². The first-order valence-electron chi connectivity index (χ1n) is 6.17. The van der Waals surface area contributed by atoms with Gasteiger partial charge in [0.2, 0.25) is 0 Å². The van der Waals surface area contributed by atoms with Crippen molar-refractivity contribution >= 4 is 17.8 Å². The van der Waals surface area contributed by atoms with Gasteiger partial charge in [-0.15, -0.1) is 0 Å². The van der Waals surface area contributed by atoms with Crippen LogP contribution in [-0.4, -0.2) is 34.3 Å². The van der Waals surface area contributed by atoms with Crippen molar-refractivity contribution in [1.29, 1.82) is 0 Å². The number of carboxylic acids is 1. The second-order valence-corrected chi connectivity index (χ2v) is 4.80. The number of rotatable bonds is 5. The monoisotopic (exact) mass is 261 g/mol. The quantitative estimate of drug-likeness (QED) is 0.820. The van der Waals surface area contributed by atoms with Gasteiger partial charge in [0.05, 0.1) is 11.1 Å². The average molecular weight is 261 g/mol. The normalized spacial score (nSPS) is 15.5. The van der Waals surface area contributed by atoms with E-state index in [1.807, 2.05) is 6.92 Å². The molecule has 1 aliphatic heterocycles. The van der Waals surface area contributed by atoms with Crippen LogP contribution in [0.3, 0.4) is 0 Å². The molecule has 0 saturated carbocycles. The van der Waals surface area contributed by atoms with Crippen LogP contribution < -0.4 is 0 Å². The highest BCUT2D eigenvalue weighted by Crippen LogP contribution is 2.24. The minimum atomic E-state index is -0.866. The summed E-state index contributed by atoms with van der Waals surface area (Å²) in [4.78, 5) is 35.8. The smallest absolute Gasteiger partial charge is 0.303 e. The molecule has 5 nitrogen and oxygen atoms in total. The Bertz CT molecular complexity index is 503. The average Bonchev–Trinajstić information content (AvgIpc) is 2.62. The molecule has 2 rings (SSSR count). The van der Waals surface area contributed by atoms with Gasteiger partial charge in [-0.3, -0.25) is 19.3 Å². The van der Waals surface area contributed by atoms with Crippen LogP contribution in [0.2, 0.25) is 0 Å². The third-order valence-corrected chi connectivity index (χ3v) is 3.22. The zero-order valence-corrected chi connectivity index (χ0v) is 10.6. The molecular weight excluding hydrogens is 246 g/mol. The number of carboxylic acid groups (broad SMARTS) is 1. The summed E-state index contributed by atoms with van der Waals surface area (Å²) in [6.07, 6.45) is 0.493. The lowest BCUT2D eigenvalue weighted by molar-refractivity contribution is -0.137. The third kappa shape index (κ3) is 2.65. The predicted molar refractivity (Wildman–Crippen MR) is 67.8 cm³/mol. The minimum Gasteiger partial charge on any atom is -0.481 e. The fourth-order valence-electron chi connectivity index (χ4n) is 2.18. The standard InChI is InChI=1S/C14H15NO4/c1-9(6-7-12(16)17)8-15-13(18)10-4-2-3-5-11(10)14(15)19/h2-5,9H,6-8H2,1H3,(H,16,17). The highest BCUT2D eigenvalue weighted by atomic mass is 16.4. The summed E-state index contributed by atoms with van der Waals surface area (Å²) in [6.45, 7) is 2.10. The van der Waals surface area contributed by atoms with E-state index in [1.54, 1.807) is 24.3 Å². The predicted octanol–water partition coefficient (Wildman–Crippen LogP) is 1.78. The largest absolute Gasteiger partial charge is 0.481 e. The van der Waals surface area contributed by atoms with Crippen molar-refractivity contribution in [1.82, 2.24) is 4.90 Å². The lowest BCUT2D eigenvalue weighted by Crippen LogP contribution is -2.34. The van der Waals surface area contributed by atoms with Crippen LogP contribution in [0.4, 0.5) is 0 Å². The van der Waals surface area contributed by atoms with Gasteiger partial charge in [0.25, 0.3) is 11.8 Å². The fraction of sp³-hybridized carbons (Fsp3) is 0.357. The number of hydrogen-bond acceptors (Lipinski definition) is 3. The molecule has 0 bridgehead atoms. The Morgan fingerprint density at radius 2 is 1.74 bits per heavy atom. The SMILES string of the molecule is CC(CCC(=O)O)CN1C(=O)c2ccccc2C1=O. The van der Waals surface area contributed by atoms with Gasteiger partial charge in [-0.05, 0) is 24.5 Å². The summed E-state index contributed by atoms with van der Waals surface area (Å²) >= 11 is 0. The molecule has 19 heavy (non-hydrogen) atoms. The van der Waals surface area contributed by atoms with Gasteiger partial charge < -0.3 is 5.11 Å². The van der Waals surface area contributed by atoms with E-state index in [-0.39, 0.29) is 30.7 Å². The van der Waals surface area contributed by atoms with E-state index in [4.69, 9.17) is 5.11 Å². The van der Waals surface area contributed by atoms with Gasteiger partial charge in [-0.1, -0.05) is 19.1 Å². The van der Waals surface area contributed by atoms with Crippen molar-refractivity contribution in [2.75, 3.05) is 6.54 Å². The van der Waals surface area contributed by atoms with Crippen LogP contribution in [0, 0.1) is 5.92 Å². The molecule has 1 aliphatic rings. The number of hydrogen-bond donors (Lipinski definition) is 1. The van der Waals surface area contributed by atoms with Crippen LogP contribution in [0.5, 0.6) is 0 Å². The molecule has 0 aliphatic carbocycles. The summed E-state index contributed by atoms with van der Waals surface area (Å²) in [5.41, 5.74) is 0.857. The highest BCUT2D eigenvalue weighted by molar-refractivity contribution is 6.21. The number of benzene rings is 1. The molecule has 1 atom stereocenters. The van der Waals surface area contributed by atoms with Crippen LogP contribution in [0.15, 0.2) is 24.3 Å². The lowest BCUT2D eigenvalue weighted by Gasteiger charge is -2.18. The molecule has 1 N–H and O–H groups in total. The van der Waals surface area contributed by atoms with E-state index < -0.39 is 5.97 Å². The van der Waals surface area contributed by atoms with E-state index in [0.717, 1.165) is 0 Å². The van der Waals surface area contributed by atoms with Gasteiger partial charge >= 0.3 is 5.97 Å². The molecule has 5 heteroatoms. The van der Waals surface area contributed by atoms with Crippen LogP contribution in [0.1, 0.15) is 40.5 Å². The molecule has 1 unspecified atom stereocenters. The van der Waals surface area contributed by atoms with Gasteiger partial charge in [0.1, 0.15) is 0 Å². The zero-order chi connectivity index (χ0) is 14.0. The number of fused-ring (bicyclic) bond motifs is 1. The van der Waals surface area contributed by atoms with Crippen molar-refractivity contribution < 1.29 is 19.5 Å². The van der Waals surface area contributed by atoms with Crippen molar-refractivity contribution in [3.05, 3.63) is 35.4 Å². The summed E-state index contributed by atoms with van der Waals surface area (Å²) in [6, 6.07) is 6.72. The number of nitrogens with zero attached hydrogens (tertiary/aromatic N) is 1. The van der Waals surface area contributed by atoms with Crippen molar-refractivity contribution in [2.45, 2.75) is 19.8 Å². The maximum atomic E-state index is 12.1. The van der Waals surface area contributed by atoms with Gasteiger partial charge in [0, 0.05) is 13.0 Å². The summed E-state index contributed by atoms with van der Waals surface area (Å²) in [5, 5.41) is 8.62. The van der Waals surface area contributed by atoms with E-state index >= 15 is 0 Å². The Balaban J connectivity index is 2.06. The number of imide groups is 1. The van der Waals surface area contributed by atoms with Crippen molar-refractivity contribution in [2.24, 2.45) is 5.92 Å². The lowest BCUT2D eigenvalue weighted by atomic mass is 10.1. The maximum Gasteiger partial charge on any atom is 0.303 e. The highest BCUT2D eigenvalue weighted by Gasteiger charge is 2.35. The first-order valence-corrected chi connectivity index (χ1v) is 6.17. The van der Waals surface area contributed by atoms with Crippen LogP contribution in [0.25, 0.3) is 0 Å². The third-order valence-electron chi connectivity index (χ3n) is 3.22. The zero-order valence-electron chi connectivity index (χ0n) is 10.6. The van der Waals surface area contributed by atoms with E-state index in [2.05, 4.69) is 0 Å². The number of carbonyl (C=O) groups is 3. The summed E-state index contributed by atoms with van der Waals surface area (Å²) in [5.74, 6) is -1.47. The molecule has 0 spiro atoms. The molecule has 0 radical (unpaired) electrons. The Kier molecular flexibility index (Phi) is 3.64. The topological polar surface area (TPSA) is 74.7 Å². The molecular formula is C14H15NO4. The first kappa shape index (κ1) is 13.3. The maximum absolute atomic E-state index is 12.1. The molecule has 0 fully saturated rings. The summed E-state index contributed by atoms with van der Waals surface area (Å²) < 4.78 is 0. The van der Waals surface area contributed by atoms with Gasteiger partial charge in [0.15, 0.2) is 0 Å². The molecule has 1 aromatic carbocycles. The molecule has 0 aromatic heterocycles. The second kappa shape index (κ2) is 5.22. The van der Waals surface area contributed by atoms with Gasteiger partial charge in [-0.2, -0.15) is 0 Å². The Labute approximate surface area is 110 Å². The van der Waals surface area contributed by atoms with Gasteiger partial charge in [-0.25, -0.2) is 0 Å². The number of carbonyl (C=O) groups excluding carboxylic acids is 2. The van der Waals surface area contributed by atoms with Crippen LogP contribution in [-0.2, 0) is 4.79 Å². The summed E-state index contributed by atoms with van der Waals surface area (Å²) in [7, 11) is 0. The minimum absolute atomic E-state index is 0.0293. The first-order chi connectivity index (χ1) is 9.00. The number of aliphatic carboxylic acids is 1. The second-order valence-electron chi connectivity index (χ2n) is 4.80. The molecule has 0 saturated heterocycles. The molecule has 2 amide bonds. The molecule has 100 valence electrons. The molecule has 1 aromatic rings. The van der Waals surface area contributed by atoms with Crippen LogP contribution >= 0.6 is 0 Å². The molecule has 1 heterocycles. The Hall–Kier alpha value is -2.17. The van der Waals surface area contributed by atoms with E-state index in [0.29, 0.717) is 17.5 Å². The van der Waals surface area contributed by atoms with Crippen molar-refractivity contribution in [3.63, 3.8) is 0 Å². The van der Waals surface area contributed by atoms with Crippen molar-refractivity contribution in [3.8, 4) is 0 Å². The van der Waals surface area contributed by atoms with E-state index in [9.17, 15) is 14.4 Å². The Morgan fingerprint density at radius 3 is 2.21 bits per heavy atom. The Morgan fingerprint density at radius 1 is 1.21 bits per heavy atom. The number of amides is 2. The fourth-order valence-corrected chi connectivity index (χ4v) is 2.18.